The number of carbonyl (C=O) groups excluding carboxylic acids is 2. The Bertz CT molecular complexity index is 698. The van der Waals surface area contributed by atoms with E-state index in [1.807, 2.05) is 13.0 Å². The fourth-order valence-electron chi connectivity index (χ4n) is 2.82. The van der Waals surface area contributed by atoms with E-state index in [-0.39, 0.29) is 12.3 Å². The van der Waals surface area contributed by atoms with Crippen molar-refractivity contribution in [2.75, 3.05) is 20.8 Å². The van der Waals surface area contributed by atoms with Gasteiger partial charge in [-0.15, -0.1) is 0 Å². The molecular weight excluding hydrogens is 378 g/mol. The van der Waals surface area contributed by atoms with Gasteiger partial charge in [0.05, 0.1) is 30.9 Å². The van der Waals surface area contributed by atoms with Crippen LogP contribution in [0.15, 0.2) is 27.9 Å². The van der Waals surface area contributed by atoms with Crippen LogP contribution in [-0.2, 0) is 14.3 Å². The number of carbonyl (C=O) groups is 2. The Hall–Kier alpha value is -2.02. The van der Waals surface area contributed by atoms with Crippen molar-refractivity contribution in [3.8, 4) is 11.5 Å². The molecule has 24 heavy (non-hydrogen) atoms. The fraction of sp³-hybridized carbons (Fsp3) is 0.412. The second-order valence-corrected chi connectivity index (χ2v) is 6.16. The van der Waals surface area contributed by atoms with Crippen LogP contribution in [0, 0.1) is 0 Å². The Labute approximate surface area is 149 Å². The second-order valence-electron chi connectivity index (χ2n) is 5.30. The van der Waals surface area contributed by atoms with Crippen molar-refractivity contribution in [3.05, 3.63) is 33.4 Å². The summed E-state index contributed by atoms with van der Waals surface area (Å²) in [5, 5.41) is 2.69. The quantitative estimate of drug-likeness (QED) is 0.773. The van der Waals surface area contributed by atoms with E-state index in [2.05, 4.69) is 21.2 Å². The zero-order valence-corrected chi connectivity index (χ0v) is 15.7. The van der Waals surface area contributed by atoms with Gasteiger partial charge < -0.3 is 19.5 Å². The van der Waals surface area contributed by atoms with Crippen molar-refractivity contribution < 1.29 is 23.8 Å². The molecule has 1 aromatic carbocycles. The molecule has 1 aliphatic rings. The van der Waals surface area contributed by atoms with Crippen molar-refractivity contribution in [2.24, 2.45) is 0 Å². The lowest BCUT2D eigenvalue weighted by atomic mass is 9.84. The summed E-state index contributed by atoms with van der Waals surface area (Å²) in [5.74, 6) is 0.114. The molecule has 1 N–H and O–H groups in total. The molecule has 0 fully saturated rings. The summed E-state index contributed by atoms with van der Waals surface area (Å²) in [5.41, 5.74) is 1.73. The molecule has 0 saturated carbocycles. The van der Waals surface area contributed by atoms with Crippen molar-refractivity contribution in [2.45, 2.75) is 26.2 Å². The molecule has 1 atom stereocenters. The van der Waals surface area contributed by atoms with Crippen LogP contribution in [0.3, 0.4) is 0 Å². The van der Waals surface area contributed by atoms with E-state index in [0.717, 1.165) is 5.56 Å². The van der Waals surface area contributed by atoms with E-state index >= 15 is 0 Å². The lowest BCUT2D eigenvalue weighted by molar-refractivity contribution is -0.136. The van der Waals surface area contributed by atoms with E-state index in [4.69, 9.17) is 14.2 Å². The molecule has 130 valence electrons. The highest BCUT2D eigenvalue weighted by Crippen LogP contribution is 2.42. The van der Waals surface area contributed by atoms with Crippen molar-refractivity contribution >= 4 is 27.8 Å². The van der Waals surface area contributed by atoms with Gasteiger partial charge in [-0.2, -0.15) is 0 Å². The predicted octanol–water partition coefficient (Wildman–Crippen LogP) is 2.91. The minimum atomic E-state index is -0.456. The van der Waals surface area contributed by atoms with Crippen LogP contribution in [0.5, 0.6) is 11.5 Å². The molecule has 7 heteroatoms. The molecule has 0 aromatic heterocycles. The first-order chi connectivity index (χ1) is 11.4. The maximum absolute atomic E-state index is 12.2. The monoisotopic (exact) mass is 397 g/mol. The number of ether oxygens (including phenoxy) is 3. The van der Waals surface area contributed by atoms with Crippen LogP contribution in [0.25, 0.3) is 0 Å². The van der Waals surface area contributed by atoms with E-state index in [1.54, 1.807) is 20.1 Å². The zero-order chi connectivity index (χ0) is 17.9. The van der Waals surface area contributed by atoms with E-state index < -0.39 is 11.9 Å². The average molecular weight is 398 g/mol. The molecule has 0 aliphatic carbocycles. The summed E-state index contributed by atoms with van der Waals surface area (Å²) >= 11 is 3.46. The molecule has 1 aromatic rings. The van der Waals surface area contributed by atoms with Crippen molar-refractivity contribution in [3.63, 3.8) is 0 Å². The minimum absolute atomic E-state index is 0.143. The van der Waals surface area contributed by atoms with Crippen molar-refractivity contribution in [1.29, 1.82) is 0 Å². The van der Waals surface area contributed by atoms with Crippen LogP contribution in [0.4, 0.5) is 0 Å². The molecule has 0 saturated heterocycles. The van der Waals surface area contributed by atoms with Gasteiger partial charge in [-0.1, -0.05) is 0 Å². The molecule has 1 heterocycles. The lowest BCUT2D eigenvalue weighted by Gasteiger charge is -2.27. The molecule has 1 amide bonds. The first kappa shape index (κ1) is 18.3. The summed E-state index contributed by atoms with van der Waals surface area (Å²) in [6.07, 6.45) is 0.159. The van der Waals surface area contributed by atoms with E-state index in [9.17, 15) is 9.59 Å². The van der Waals surface area contributed by atoms with Gasteiger partial charge in [-0.25, -0.2) is 4.79 Å². The highest BCUT2D eigenvalue weighted by Gasteiger charge is 2.33. The number of benzene rings is 1. The Kier molecular flexibility index (Phi) is 5.88. The van der Waals surface area contributed by atoms with Gasteiger partial charge in [0.15, 0.2) is 11.5 Å². The fourth-order valence-corrected chi connectivity index (χ4v) is 3.44. The number of hydrogen-bond acceptors (Lipinski definition) is 5. The maximum Gasteiger partial charge on any atom is 0.336 e. The zero-order valence-electron chi connectivity index (χ0n) is 14.1. The largest absolute Gasteiger partial charge is 0.492 e. The van der Waals surface area contributed by atoms with Gasteiger partial charge in [-0.05, 0) is 47.5 Å². The van der Waals surface area contributed by atoms with Gasteiger partial charge in [-0.3, -0.25) is 4.79 Å². The van der Waals surface area contributed by atoms with Gasteiger partial charge in [0.25, 0.3) is 0 Å². The number of amides is 1. The Balaban J connectivity index is 2.57. The summed E-state index contributed by atoms with van der Waals surface area (Å²) in [6.45, 7) is 4.03. The summed E-state index contributed by atoms with van der Waals surface area (Å²) in [7, 11) is 2.88. The van der Waals surface area contributed by atoms with Gasteiger partial charge >= 0.3 is 5.97 Å². The Morgan fingerprint density at radius 1 is 1.38 bits per heavy atom. The van der Waals surface area contributed by atoms with Gasteiger partial charge in [0.2, 0.25) is 5.91 Å². The van der Waals surface area contributed by atoms with Crippen molar-refractivity contribution in [1.82, 2.24) is 5.32 Å². The molecule has 0 spiro atoms. The highest BCUT2D eigenvalue weighted by molar-refractivity contribution is 9.10. The number of halogens is 1. The predicted molar refractivity (Wildman–Crippen MR) is 92.1 cm³/mol. The second kappa shape index (κ2) is 7.70. The molecule has 0 bridgehead atoms. The minimum Gasteiger partial charge on any atom is -0.492 e. The molecule has 0 unspecified atom stereocenters. The van der Waals surface area contributed by atoms with Crippen LogP contribution in [0.2, 0.25) is 0 Å². The normalized spacial score (nSPS) is 17.4. The first-order valence-electron chi connectivity index (χ1n) is 7.52. The highest BCUT2D eigenvalue weighted by atomic mass is 79.9. The standard InChI is InChI=1S/C17H20BrNO5/c1-5-24-13-7-10(6-12(18)16(13)22-3)11-8-14(20)19-9(2)15(11)17(21)23-4/h6-7,11H,5,8H2,1-4H3,(H,19,20)/t11-/m1/s1. The van der Waals surface area contributed by atoms with Crippen LogP contribution < -0.4 is 14.8 Å². The molecule has 6 nitrogen and oxygen atoms in total. The molecular formula is C17H20BrNO5. The third-order valence-corrected chi connectivity index (χ3v) is 4.40. The Morgan fingerprint density at radius 3 is 2.67 bits per heavy atom. The number of hydrogen-bond donors (Lipinski definition) is 1. The number of esters is 1. The van der Waals surface area contributed by atoms with Crippen LogP contribution in [0.1, 0.15) is 31.7 Å². The number of methoxy groups -OCH3 is 2. The molecule has 2 rings (SSSR count). The number of rotatable bonds is 5. The summed E-state index contributed by atoms with van der Waals surface area (Å²) in [4.78, 5) is 24.2. The summed E-state index contributed by atoms with van der Waals surface area (Å²) in [6, 6.07) is 3.63. The SMILES string of the molecule is CCOc1cc([C@H]2CC(=O)NC(C)=C2C(=O)OC)cc(Br)c1OC. The van der Waals surface area contributed by atoms with Crippen LogP contribution in [-0.4, -0.2) is 32.7 Å². The topological polar surface area (TPSA) is 73.9 Å². The third-order valence-electron chi connectivity index (χ3n) is 3.81. The molecule has 1 aliphatic heterocycles. The van der Waals surface area contributed by atoms with E-state index in [0.29, 0.717) is 33.8 Å². The number of nitrogens with one attached hydrogen (secondary N) is 1. The van der Waals surface area contributed by atoms with E-state index in [1.165, 1.54) is 7.11 Å². The first-order valence-corrected chi connectivity index (χ1v) is 8.31. The Morgan fingerprint density at radius 2 is 2.08 bits per heavy atom. The maximum atomic E-state index is 12.2. The lowest BCUT2D eigenvalue weighted by Crippen LogP contribution is -2.34. The summed E-state index contributed by atoms with van der Waals surface area (Å²) < 4.78 is 16.6. The molecule has 0 radical (unpaired) electrons. The smallest absolute Gasteiger partial charge is 0.336 e. The van der Waals surface area contributed by atoms with Crippen LogP contribution >= 0.6 is 15.9 Å². The van der Waals surface area contributed by atoms with Gasteiger partial charge in [0.1, 0.15) is 0 Å². The third kappa shape index (κ3) is 3.56. The number of allylic oxidation sites excluding steroid dienone is 1. The average Bonchev–Trinajstić information content (AvgIpc) is 2.53. The van der Waals surface area contributed by atoms with Gasteiger partial charge in [0, 0.05) is 18.0 Å².